The summed E-state index contributed by atoms with van der Waals surface area (Å²) in [6, 6.07) is 3.83. The van der Waals surface area contributed by atoms with E-state index in [4.69, 9.17) is 9.15 Å². The van der Waals surface area contributed by atoms with E-state index in [1.807, 2.05) is 19.2 Å². The van der Waals surface area contributed by atoms with Crippen LogP contribution in [0.2, 0.25) is 0 Å². The molecule has 0 saturated heterocycles. The molecule has 0 radical (unpaired) electrons. The van der Waals surface area contributed by atoms with Crippen LogP contribution in [0.4, 0.5) is 5.82 Å². The highest BCUT2D eigenvalue weighted by Gasteiger charge is 2.08. The van der Waals surface area contributed by atoms with Crippen LogP contribution < -0.4 is 10.2 Å². The van der Waals surface area contributed by atoms with Crippen LogP contribution in [0.3, 0.4) is 0 Å². The van der Waals surface area contributed by atoms with E-state index in [0.717, 1.165) is 43.0 Å². The monoisotopic (exact) mass is 249 g/mol. The number of likely N-dealkylation sites (N-methyl/N-ethyl adjacent to an activating group) is 1. The van der Waals surface area contributed by atoms with Crippen molar-refractivity contribution in [1.29, 1.82) is 0 Å². The van der Waals surface area contributed by atoms with Gasteiger partial charge in [0.2, 0.25) is 0 Å². The van der Waals surface area contributed by atoms with Gasteiger partial charge in [0.1, 0.15) is 11.4 Å². The van der Waals surface area contributed by atoms with E-state index in [0.29, 0.717) is 0 Å². The van der Waals surface area contributed by atoms with Gasteiger partial charge in [0.15, 0.2) is 0 Å². The van der Waals surface area contributed by atoms with Crippen LogP contribution in [-0.4, -0.2) is 45.4 Å². The number of methoxy groups -OCH3 is 1. The van der Waals surface area contributed by atoms with Gasteiger partial charge in [-0.05, 0) is 12.1 Å². The van der Waals surface area contributed by atoms with Crippen molar-refractivity contribution in [2.24, 2.45) is 0 Å². The van der Waals surface area contributed by atoms with Crippen molar-refractivity contribution in [3.63, 3.8) is 0 Å². The van der Waals surface area contributed by atoms with Gasteiger partial charge in [-0.15, -0.1) is 0 Å². The zero-order valence-electron chi connectivity index (χ0n) is 10.8. The Hall–Kier alpha value is -1.59. The van der Waals surface area contributed by atoms with E-state index in [-0.39, 0.29) is 0 Å². The number of anilines is 1. The second kappa shape index (κ2) is 6.37. The molecular formula is C13H19N3O2. The standard InChI is InChI=1S/C13H19N3O2/c1-16(8-6-14-7-10-17-2)13-11-4-9-18-12(11)3-5-15-13/h3-5,9,14H,6-8,10H2,1-2H3. The molecule has 0 aromatic carbocycles. The van der Waals surface area contributed by atoms with Gasteiger partial charge in [-0.1, -0.05) is 0 Å². The van der Waals surface area contributed by atoms with Gasteiger partial charge < -0.3 is 19.4 Å². The summed E-state index contributed by atoms with van der Waals surface area (Å²) >= 11 is 0. The molecule has 0 atom stereocenters. The number of nitrogens with zero attached hydrogens (tertiary/aromatic N) is 2. The lowest BCUT2D eigenvalue weighted by molar-refractivity contribution is 0.200. The molecule has 1 N–H and O–H groups in total. The molecule has 0 fully saturated rings. The van der Waals surface area contributed by atoms with Gasteiger partial charge in [-0.2, -0.15) is 0 Å². The summed E-state index contributed by atoms with van der Waals surface area (Å²) in [5, 5.41) is 4.36. The van der Waals surface area contributed by atoms with E-state index in [1.54, 1.807) is 19.6 Å². The third-order valence-corrected chi connectivity index (χ3v) is 2.83. The number of fused-ring (bicyclic) bond motifs is 1. The predicted molar refractivity (Wildman–Crippen MR) is 72.0 cm³/mol. The van der Waals surface area contributed by atoms with Crippen LogP contribution in [0.5, 0.6) is 0 Å². The number of hydrogen-bond donors (Lipinski definition) is 1. The maximum Gasteiger partial charge on any atom is 0.139 e. The lowest BCUT2D eigenvalue weighted by atomic mass is 10.3. The highest BCUT2D eigenvalue weighted by Crippen LogP contribution is 2.23. The van der Waals surface area contributed by atoms with Crippen molar-refractivity contribution in [2.75, 3.05) is 45.3 Å². The van der Waals surface area contributed by atoms with E-state index in [1.165, 1.54) is 0 Å². The number of ether oxygens (including phenoxy) is 1. The molecule has 0 aliphatic carbocycles. The molecule has 0 spiro atoms. The average Bonchev–Trinajstić information content (AvgIpc) is 2.86. The van der Waals surface area contributed by atoms with E-state index in [2.05, 4.69) is 15.2 Å². The molecule has 0 amide bonds. The minimum absolute atomic E-state index is 0.735. The Morgan fingerprint density at radius 2 is 2.28 bits per heavy atom. The average molecular weight is 249 g/mol. The molecule has 0 saturated carbocycles. The second-order valence-electron chi connectivity index (χ2n) is 4.13. The minimum atomic E-state index is 0.735. The molecule has 18 heavy (non-hydrogen) atoms. The van der Waals surface area contributed by atoms with Crippen molar-refractivity contribution in [2.45, 2.75) is 0 Å². The van der Waals surface area contributed by atoms with Crippen molar-refractivity contribution < 1.29 is 9.15 Å². The Kier molecular flexibility index (Phi) is 4.55. The van der Waals surface area contributed by atoms with Crippen molar-refractivity contribution >= 4 is 16.8 Å². The van der Waals surface area contributed by atoms with Crippen LogP contribution in [0.25, 0.3) is 11.0 Å². The first-order chi connectivity index (χ1) is 8.83. The van der Waals surface area contributed by atoms with E-state index < -0.39 is 0 Å². The summed E-state index contributed by atoms with van der Waals surface area (Å²) in [4.78, 5) is 6.53. The Bertz CT molecular complexity index is 484. The Labute approximate surface area is 107 Å². The van der Waals surface area contributed by atoms with E-state index >= 15 is 0 Å². The number of furan rings is 1. The van der Waals surface area contributed by atoms with Gasteiger partial charge >= 0.3 is 0 Å². The summed E-state index contributed by atoms with van der Waals surface area (Å²) in [5.41, 5.74) is 0.874. The molecule has 0 bridgehead atoms. The fourth-order valence-electron chi connectivity index (χ4n) is 1.84. The Morgan fingerprint density at radius 3 is 3.11 bits per heavy atom. The number of pyridine rings is 1. The predicted octanol–water partition coefficient (Wildman–Crippen LogP) is 1.50. The van der Waals surface area contributed by atoms with E-state index in [9.17, 15) is 0 Å². The van der Waals surface area contributed by atoms with Crippen LogP contribution in [0.1, 0.15) is 0 Å². The molecule has 5 nitrogen and oxygen atoms in total. The molecule has 5 heteroatoms. The Balaban J connectivity index is 1.92. The zero-order valence-corrected chi connectivity index (χ0v) is 10.8. The fourth-order valence-corrected chi connectivity index (χ4v) is 1.84. The van der Waals surface area contributed by atoms with Gasteiger partial charge in [0, 0.05) is 40.0 Å². The first-order valence-electron chi connectivity index (χ1n) is 6.06. The molecule has 2 aromatic heterocycles. The highest BCUT2D eigenvalue weighted by atomic mass is 16.5. The van der Waals surface area contributed by atoms with Gasteiger partial charge in [0.05, 0.1) is 18.3 Å². The minimum Gasteiger partial charge on any atom is -0.464 e. The SMILES string of the molecule is COCCNCCN(C)c1nccc2occc12. The number of aromatic nitrogens is 1. The van der Waals surface area contributed by atoms with Gasteiger partial charge in [-0.25, -0.2) is 4.98 Å². The van der Waals surface area contributed by atoms with Crippen LogP contribution in [-0.2, 0) is 4.74 Å². The van der Waals surface area contributed by atoms with Crippen LogP contribution in [0.15, 0.2) is 29.0 Å². The Morgan fingerprint density at radius 1 is 1.39 bits per heavy atom. The highest BCUT2D eigenvalue weighted by molar-refractivity contribution is 5.88. The van der Waals surface area contributed by atoms with Crippen molar-refractivity contribution in [3.8, 4) is 0 Å². The number of rotatable bonds is 7. The normalized spacial score (nSPS) is 11.0. The summed E-state index contributed by atoms with van der Waals surface area (Å²) in [7, 11) is 3.74. The first-order valence-corrected chi connectivity index (χ1v) is 6.06. The van der Waals surface area contributed by atoms with Crippen LogP contribution in [0, 0.1) is 0 Å². The summed E-state index contributed by atoms with van der Waals surface area (Å²) in [5.74, 6) is 0.954. The fraction of sp³-hybridized carbons (Fsp3) is 0.462. The quantitative estimate of drug-likeness (QED) is 0.754. The summed E-state index contributed by atoms with van der Waals surface area (Å²) in [6.07, 6.45) is 3.47. The third kappa shape index (κ3) is 3.00. The molecular weight excluding hydrogens is 230 g/mol. The smallest absolute Gasteiger partial charge is 0.139 e. The first kappa shape index (κ1) is 12.9. The van der Waals surface area contributed by atoms with Crippen molar-refractivity contribution in [1.82, 2.24) is 10.3 Å². The molecule has 0 unspecified atom stereocenters. The molecule has 0 aliphatic rings. The summed E-state index contributed by atoms with van der Waals surface area (Å²) in [6.45, 7) is 3.39. The maximum atomic E-state index is 5.37. The number of hydrogen-bond acceptors (Lipinski definition) is 5. The van der Waals surface area contributed by atoms with Crippen LogP contribution >= 0.6 is 0 Å². The second-order valence-corrected chi connectivity index (χ2v) is 4.13. The zero-order chi connectivity index (χ0) is 12.8. The third-order valence-electron chi connectivity index (χ3n) is 2.83. The summed E-state index contributed by atoms with van der Waals surface area (Å²) < 4.78 is 10.3. The largest absolute Gasteiger partial charge is 0.464 e. The molecule has 2 rings (SSSR count). The van der Waals surface area contributed by atoms with Crippen molar-refractivity contribution in [3.05, 3.63) is 24.6 Å². The van der Waals surface area contributed by atoms with Gasteiger partial charge in [0.25, 0.3) is 0 Å². The lowest BCUT2D eigenvalue weighted by Crippen LogP contribution is -2.31. The molecule has 0 aliphatic heterocycles. The van der Waals surface area contributed by atoms with Gasteiger partial charge in [-0.3, -0.25) is 0 Å². The lowest BCUT2D eigenvalue weighted by Gasteiger charge is -2.18. The maximum absolute atomic E-state index is 5.37. The molecule has 2 aromatic rings. The molecule has 2 heterocycles. The molecule has 98 valence electrons. The topological polar surface area (TPSA) is 50.5 Å². The number of nitrogens with one attached hydrogen (secondary N) is 1.